The summed E-state index contributed by atoms with van der Waals surface area (Å²) in [6, 6.07) is 11.7. The maximum Gasteiger partial charge on any atom is 0.325 e. The van der Waals surface area contributed by atoms with Gasteiger partial charge in [0.25, 0.3) is 5.92 Å². The Hall–Kier alpha value is -2.26. The lowest BCUT2D eigenvalue weighted by Gasteiger charge is -2.25. The van der Waals surface area contributed by atoms with E-state index in [9.17, 15) is 13.6 Å². The lowest BCUT2D eigenvalue weighted by molar-refractivity contribution is 0.00420. The number of rotatable bonds is 6. The molecule has 4 rings (SSSR count). The molecule has 34 heavy (non-hydrogen) atoms. The molecule has 11 heteroatoms. The number of carbonyl (C=O) groups is 1. The van der Waals surface area contributed by atoms with E-state index >= 15 is 0 Å². The largest absolute Gasteiger partial charge is 0.334 e. The van der Waals surface area contributed by atoms with Crippen molar-refractivity contribution in [2.24, 2.45) is 0 Å². The van der Waals surface area contributed by atoms with Gasteiger partial charge in [-0.15, -0.1) is 0 Å². The standard InChI is InChI=1S/C23H19Cl3F2N4OS/c24-17-3-5-19(6-4-17)34-31-22(33)29-8-7-14-10-23(27,28)11-16-12-30-32(21(14)16)13-15-1-2-18(25)9-20(15)26/h1-7,9,12H,8,10-11,13H2,(H2,29,31,33)/b14-7+. The van der Waals surface area contributed by atoms with Gasteiger partial charge in [-0.2, -0.15) is 5.10 Å². The molecule has 178 valence electrons. The maximum atomic E-state index is 14.4. The second-order valence-electron chi connectivity index (χ2n) is 7.72. The van der Waals surface area contributed by atoms with Crippen molar-refractivity contribution in [2.75, 3.05) is 6.54 Å². The normalized spacial score (nSPS) is 15.7. The Bertz CT molecular complexity index is 1230. The highest BCUT2D eigenvalue weighted by Crippen LogP contribution is 2.40. The Labute approximate surface area is 214 Å². The van der Waals surface area contributed by atoms with Crippen LogP contribution in [0, 0.1) is 0 Å². The summed E-state index contributed by atoms with van der Waals surface area (Å²) < 4.78 is 33.0. The van der Waals surface area contributed by atoms with E-state index in [0.717, 1.165) is 22.4 Å². The third kappa shape index (κ3) is 6.24. The van der Waals surface area contributed by atoms with E-state index < -0.39 is 18.4 Å². The first kappa shape index (κ1) is 24.9. The van der Waals surface area contributed by atoms with Gasteiger partial charge in [-0.25, -0.2) is 13.6 Å². The molecule has 0 atom stereocenters. The van der Waals surface area contributed by atoms with Gasteiger partial charge >= 0.3 is 6.03 Å². The third-order valence-corrected chi connectivity index (χ3v) is 6.77. The number of alkyl halides is 2. The van der Waals surface area contributed by atoms with E-state index in [-0.39, 0.29) is 13.0 Å². The molecule has 3 aromatic rings. The minimum Gasteiger partial charge on any atom is -0.334 e. The minimum atomic E-state index is -2.89. The zero-order valence-electron chi connectivity index (χ0n) is 17.6. The first-order chi connectivity index (χ1) is 16.2. The number of hydrogen-bond donors (Lipinski definition) is 2. The van der Waals surface area contributed by atoms with Crippen molar-refractivity contribution in [3.63, 3.8) is 0 Å². The molecule has 0 bridgehead atoms. The lowest BCUT2D eigenvalue weighted by atomic mass is 9.89. The highest BCUT2D eigenvalue weighted by atomic mass is 35.5. The number of fused-ring (bicyclic) bond motifs is 1. The predicted octanol–water partition coefficient (Wildman–Crippen LogP) is 6.86. The fourth-order valence-electron chi connectivity index (χ4n) is 3.64. The molecule has 0 saturated heterocycles. The second-order valence-corrected chi connectivity index (χ2v) is 9.88. The minimum absolute atomic E-state index is 0.0742. The number of aromatic nitrogens is 2. The number of allylic oxidation sites excluding steroid dienone is 1. The number of amides is 2. The van der Waals surface area contributed by atoms with Crippen molar-refractivity contribution >= 4 is 58.4 Å². The first-order valence-corrected chi connectivity index (χ1v) is 12.2. The number of nitrogens with zero attached hydrogens (tertiary/aromatic N) is 2. The summed E-state index contributed by atoms with van der Waals surface area (Å²) in [7, 11) is 0. The van der Waals surface area contributed by atoms with Crippen LogP contribution in [0.15, 0.2) is 59.6 Å². The van der Waals surface area contributed by atoms with Crippen LogP contribution in [0.5, 0.6) is 0 Å². The first-order valence-electron chi connectivity index (χ1n) is 10.2. The van der Waals surface area contributed by atoms with Crippen molar-refractivity contribution in [3.05, 3.63) is 86.6 Å². The molecule has 2 amide bonds. The van der Waals surface area contributed by atoms with Crippen LogP contribution in [0.2, 0.25) is 15.1 Å². The molecule has 0 aliphatic heterocycles. The Balaban J connectivity index is 1.46. The van der Waals surface area contributed by atoms with E-state index in [1.54, 1.807) is 53.2 Å². The van der Waals surface area contributed by atoms with Crippen LogP contribution in [-0.4, -0.2) is 28.3 Å². The molecule has 0 spiro atoms. The number of urea groups is 1. The van der Waals surface area contributed by atoms with E-state index in [1.165, 1.54) is 6.20 Å². The summed E-state index contributed by atoms with van der Waals surface area (Å²) in [5, 5.41) is 8.57. The van der Waals surface area contributed by atoms with E-state index in [1.807, 2.05) is 0 Å². The molecule has 1 aromatic heterocycles. The highest BCUT2D eigenvalue weighted by molar-refractivity contribution is 7.98. The van der Waals surface area contributed by atoms with Crippen LogP contribution in [-0.2, 0) is 13.0 Å². The molecule has 0 radical (unpaired) electrons. The Morgan fingerprint density at radius 3 is 2.59 bits per heavy atom. The number of hydrogen-bond acceptors (Lipinski definition) is 3. The maximum absolute atomic E-state index is 14.4. The molecule has 0 fully saturated rings. The Morgan fingerprint density at radius 2 is 1.85 bits per heavy atom. The summed E-state index contributed by atoms with van der Waals surface area (Å²) >= 11 is 19.2. The van der Waals surface area contributed by atoms with Gasteiger partial charge in [-0.3, -0.25) is 9.40 Å². The van der Waals surface area contributed by atoms with Gasteiger partial charge < -0.3 is 5.32 Å². The average molecular weight is 544 g/mol. The van der Waals surface area contributed by atoms with Crippen molar-refractivity contribution in [2.45, 2.75) is 30.2 Å². The second kappa shape index (κ2) is 10.6. The molecule has 2 aromatic carbocycles. The zero-order valence-corrected chi connectivity index (χ0v) is 20.7. The fraction of sp³-hybridized carbons (Fsp3) is 0.217. The van der Waals surface area contributed by atoms with Gasteiger partial charge in [0.2, 0.25) is 0 Å². The summed E-state index contributed by atoms with van der Waals surface area (Å²) in [5.41, 5.74) is 2.26. The number of benzene rings is 2. The molecule has 0 saturated carbocycles. The van der Waals surface area contributed by atoms with Crippen LogP contribution >= 0.6 is 46.8 Å². The summed E-state index contributed by atoms with van der Waals surface area (Å²) in [6.07, 6.45) is 2.23. The van der Waals surface area contributed by atoms with Crippen LogP contribution in [0.3, 0.4) is 0 Å². The summed E-state index contributed by atoms with van der Waals surface area (Å²) in [5.74, 6) is -2.89. The highest BCUT2D eigenvalue weighted by Gasteiger charge is 2.38. The smallest absolute Gasteiger partial charge is 0.325 e. The average Bonchev–Trinajstić information content (AvgIpc) is 3.16. The van der Waals surface area contributed by atoms with Crippen LogP contribution in [0.4, 0.5) is 13.6 Å². The van der Waals surface area contributed by atoms with Crippen molar-refractivity contribution in [1.29, 1.82) is 0 Å². The van der Waals surface area contributed by atoms with Crippen molar-refractivity contribution in [3.8, 4) is 0 Å². The quantitative estimate of drug-likeness (QED) is 0.334. The lowest BCUT2D eigenvalue weighted by Crippen LogP contribution is -2.32. The predicted molar refractivity (Wildman–Crippen MR) is 133 cm³/mol. The molecule has 0 unspecified atom stereocenters. The monoisotopic (exact) mass is 542 g/mol. The van der Waals surface area contributed by atoms with Crippen LogP contribution < -0.4 is 10.0 Å². The number of halogens is 5. The number of nitrogens with one attached hydrogen (secondary N) is 2. The van der Waals surface area contributed by atoms with Gasteiger partial charge in [0.1, 0.15) is 0 Å². The van der Waals surface area contributed by atoms with E-state index in [0.29, 0.717) is 38.4 Å². The molecular weight excluding hydrogens is 525 g/mol. The van der Waals surface area contributed by atoms with Gasteiger partial charge in [0.05, 0.1) is 18.4 Å². The summed E-state index contributed by atoms with van der Waals surface area (Å²) in [6.45, 7) is 0.380. The Morgan fingerprint density at radius 1 is 1.12 bits per heavy atom. The molecule has 5 nitrogen and oxygen atoms in total. The molecular formula is C23H19Cl3F2N4OS. The fourth-order valence-corrected chi connectivity index (χ4v) is 4.79. The van der Waals surface area contributed by atoms with Crippen molar-refractivity contribution < 1.29 is 13.6 Å². The number of carbonyl (C=O) groups excluding carboxylic acids is 1. The van der Waals surface area contributed by atoms with Crippen LogP contribution in [0.1, 0.15) is 23.2 Å². The zero-order chi connectivity index (χ0) is 24.3. The molecule has 2 N–H and O–H groups in total. The van der Waals surface area contributed by atoms with Gasteiger partial charge in [-0.1, -0.05) is 46.9 Å². The Kier molecular flexibility index (Phi) is 7.72. The molecule has 1 aliphatic rings. The molecule has 1 aliphatic carbocycles. The molecule has 1 heterocycles. The van der Waals surface area contributed by atoms with Crippen molar-refractivity contribution in [1.82, 2.24) is 19.8 Å². The summed E-state index contributed by atoms with van der Waals surface area (Å²) in [4.78, 5) is 12.9. The third-order valence-electron chi connectivity index (χ3n) is 5.14. The van der Waals surface area contributed by atoms with E-state index in [4.69, 9.17) is 34.8 Å². The van der Waals surface area contributed by atoms with Gasteiger partial charge in [0.15, 0.2) is 0 Å². The van der Waals surface area contributed by atoms with Crippen LogP contribution in [0.25, 0.3) is 5.57 Å². The van der Waals surface area contributed by atoms with E-state index in [2.05, 4.69) is 15.1 Å². The SMILES string of the molecule is O=C(NC/C=C1\CC(F)(F)Cc2cnn(Cc3ccc(Cl)cc3Cl)c21)NSc1ccc(Cl)cc1. The topological polar surface area (TPSA) is 59.0 Å². The van der Waals surface area contributed by atoms with Gasteiger partial charge in [0, 0.05) is 44.9 Å². The van der Waals surface area contributed by atoms with Gasteiger partial charge in [-0.05, 0) is 59.5 Å².